The molecule has 3 aromatic rings. The molecule has 0 bridgehead atoms. The first-order valence-electron chi connectivity index (χ1n) is 10.3. The van der Waals surface area contributed by atoms with Crippen molar-refractivity contribution in [1.29, 1.82) is 0 Å². The molecule has 1 aliphatic heterocycles. The Bertz CT molecular complexity index is 1230. The maximum absolute atomic E-state index is 12.3. The Morgan fingerprint density at radius 2 is 1.79 bits per heavy atom. The van der Waals surface area contributed by atoms with E-state index in [2.05, 4.69) is 10.3 Å². The van der Waals surface area contributed by atoms with Gasteiger partial charge in [-0.2, -0.15) is 0 Å². The Balaban J connectivity index is 1.51. The minimum absolute atomic E-state index is 0.162. The number of nitrogens with one attached hydrogen (secondary N) is 1. The number of hydrogen-bond acceptors (Lipinski definition) is 6. The molecular formula is C26H22N2O5. The summed E-state index contributed by atoms with van der Waals surface area (Å²) in [4.78, 5) is 27.8. The highest BCUT2D eigenvalue weighted by Crippen LogP contribution is 2.30. The summed E-state index contributed by atoms with van der Waals surface area (Å²) >= 11 is 0. The van der Waals surface area contributed by atoms with E-state index in [1.54, 1.807) is 49.6 Å². The van der Waals surface area contributed by atoms with Gasteiger partial charge >= 0.3 is 5.97 Å². The number of hydrogen-bond donors (Lipinski definition) is 1. The van der Waals surface area contributed by atoms with Crippen LogP contribution >= 0.6 is 0 Å². The number of anilines is 1. The first-order valence-corrected chi connectivity index (χ1v) is 10.3. The van der Waals surface area contributed by atoms with Crippen molar-refractivity contribution in [2.75, 3.05) is 12.4 Å². The van der Waals surface area contributed by atoms with Crippen molar-refractivity contribution in [3.05, 3.63) is 95.2 Å². The summed E-state index contributed by atoms with van der Waals surface area (Å²) in [6, 6.07) is 22.1. The van der Waals surface area contributed by atoms with Gasteiger partial charge in [0.2, 0.25) is 11.8 Å². The molecule has 0 saturated heterocycles. The number of carbonyl (C=O) groups excluding carboxylic acids is 2. The second-order valence-electron chi connectivity index (χ2n) is 7.28. The van der Waals surface area contributed by atoms with Crippen LogP contribution in [0.5, 0.6) is 11.5 Å². The number of rotatable bonds is 7. The Hall–Kier alpha value is -4.39. The number of methoxy groups -OCH3 is 1. The molecule has 0 spiro atoms. The zero-order chi connectivity index (χ0) is 23.2. The van der Waals surface area contributed by atoms with Crippen LogP contribution in [0.25, 0.3) is 6.08 Å². The lowest BCUT2D eigenvalue weighted by Crippen LogP contribution is -2.07. The average molecular weight is 442 g/mol. The SMILES string of the molecule is COc1cc(/C=C2/N=C(c3ccc(NC(C)=O)cc3)OC2=O)ccc1OCc1ccccc1. The molecule has 1 amide bonds. The van der Waals surface area contributed by atoms with Crippen LogP contribution in [-0.4, -0.2) is 24.9 Å². The maximum Gasteiger partial charge on any atom is 0.363 e. The van der Waals surface area contributed by atoms with Crippen LogP contribution in [0.1, 0.15) is 23.6 Å². The highest BCUT2D eigenvalue weighted by atomic mass is 16.6. The predicted molar refractivity (Wildman–Crippen MR) is 125 cm³/mol. The summed E-state index contributed by atoms with van der Waals surface area (Å²) in [5, 5.41) is 2.69. The van der Waals surface area contributed by atoms with Gasteiger partial charge in [0.05, 0.1) is 7.11 Å². The largest absolute Gasteiger partial charge is 0.493 e. The number of amides is 1. The van der Waals surface area contributed by atoms with Gasteiger partial charge in [-0.25, -0.2) is 9.79 Å². The zero-order valence-corrected chi connectivity index (χ0v) is 18.2. The van der Waals surface area contributed by atoms with E-state index >= 15 is 0 Å². The number of esters is 1. The first kappa shape index (κ1) is 21.8. The van der Waals surface area contributed by atoms with Crippen LogP contribution in [0.15, 0.2) is 83.5 Å². The van der Waals surface area contributed by atoms with E-state index in [1.807, 2.05) is 36.4 Å². The van der Waals surface area contributed by atoms with E-state index in [4.69, 9.17) is 14.2 Å². The fourth-order valence-corrected chi connectivity index (χ4v) is 3.22. The lowest BCUT2D eigenvalue weighted by atomic mass is 10.1. The summed E-state index contributed by atoms with van der Waals surface area (Å²) < 4.78 is 16.7. The molecule has 1 aliphatic rings. The minimum atomic E-state index is -0.542. The van der Waals surface area contributed by atoms with Gasteiger partial charge in [-0.1, -0.05) is 36.4 Å². The van der Waals surface area contributed by atoms with E-state index in [0.29, 0.717) is 29.4 Å². The molecule has 1 N–H and O–H groups in total. The Morgan fingerprint density at radius 3 is 2.48 bits per heavy atom. The summed E-state index contributed by atoms with van der Waals surface area (Å²) in [6.07, 6.45) is 1.63. The van der Waals surface area contributed by atoms with Crippen LogP contribution in [0.2, 0.25) is 0 Å². The molecule has 0 unspecified atom stereocenters. The quantitative estimate of drug-likeness (QED) is 0.428. The van der Waals surface area contributed by atoms with E-state index < -0.39 is 5.97 Å². The van der Waals surface area contributed by atoms with Crippen LogP contribution < -0.4 is 14.8 Å². The molecule has 0 aromatic heterocycles. The molecule has 0 atom stereocenters. The Labute approximate surface area is 191 Å². The van der Waals surface area contributed by atoms with Gasteiger partial charge < -0.3 is 19.5 Å². The maximum atomic E-state index is 12.3. The van der Waals surface area contributed by atoms with Crippen LogP contribution in [0.4, 0.5) is 5.69 Å². The van der Waals surface area contributed by atoms with E-state index in [9.17, 15) is 9.59 Å². The molecule has 0 fully saturated rings. The molecule has 0 radical (unpaired) electrons. The summed E-state index contributed by atoms with van der Waals surface area (Å²) in [5.41, 5.74) is 3.22. The normalized spacial score (nSPS) is 13.9. The topological polar surface area (TPSA) is 86.2 Å². The molecule has 166 valence electrons. The Morgan fingerprint density at radius 1 is 1.03 bits per heavy atom. The van der Waals surface area contributed by atoms with Crippen molar-refractivity contribution in [1.82, 2.24) is 0 Å². The first-order chi connectivity index (χ1) is 16.0. The average Bonchev–Trinajstić information content (AvgIpc) is 3.19. The summed E-state index contributed by atoms with van der Waals surface area (Å²) in [6.45, 7) is 1.85. The number of nitrogens with zero attached hydrogens (tertiary/aromatic N) is 1. The van der Waals surface area contributed by atoms with Crippen molar-refractivity contribution in [3.8, 4) is 11.5 Å². The van der Waals surface area contributed by atoms with E-state index in [1.165, 1.54) is 6.92 Å². The smallest absolute Gasteiger partial charge is 0.363 e. The highest BCUT2D eigenvalue weighted by Gasteiger charge is 2.24. The van der Waals surface area contributed by atoms with Crippen molar-refractivity contribution >= 4 is 29.5 Å². The highest BCUT2D eigenvalue weighted by molar-refractivity contribution is 6.13. The van der Waals surface area contributed by atoms with Gasteiger partial charge in [0.1, 0.15) is 6.61 Å². The molecule has 33 heavy (non-hydrogen) atoms. The van der Waals surface area contributed by atoms with Crippen LogP contribution in [0.3, 0.4) is 0 Å². The van der Waals surface area contributed by atoms with Gasteiger partial charge in [0.15, 0.2) is 17.2 Å². The van der Waals surface area contributed by atoms with Gasteiger partial charge in [-0.05, 0) is 53.6 Å². The lowest BCUT2D eigenvalue weighted by Gasteiger charge is -2.11. The monoisotopic (exact) mass is 442 g/mol. The van der Waals surface area contributed by atoms with E-state index in [0.717, 1.165) is 11.1 Å². The summed E-state index contributed by atoms with van der Waals surface area (Å²) in [5.74, 6) is 0.643. The number of carbonyl (C=O) groups is 2. The third kappa shape index (κ3) is 5.46. The van der Waals surface area contributed by atoms with Crippen molar-refractivity contribution in [2.24, 2.45) is 4.99 Å². The second-order valence-corrected chi connectivity index (χ2v) is 7.28. The van der Waals surface area contributed by atoms with Gasteiger partial charge in [0.25, 0.3) is 0 Å². The molecule has 1 heterocycles. The van der Waals surface area contributed by atoms with Gasteiger partial charge in [0, 0.05) is 18.2 Å². The third-order valence-electron chi connectivity index (χ3n) is 4.80. The second kappa shape index (κ2) is 9.82. The minimum Gasteiger partial charge on any atom is -0.493 e. The molecule has 7 nitrogen and oxygen atoms in total. The zero-order valence-electron chi connectivity index (χ0n) is 18.2. The number of cyclic esters (lactones) is 1. The molecular weight excluding hydrogens is 420 g/mol. The molecule has 4 rings (SSSR count). The van der Waals surface area contributed by atoms with Crippen molar-refractivity contribution in [3.63, 3.8) is 0 Å². The van der Waals surface area contributed by atoms with Crippen LogP contribution in [-0.2, 0) is 20.9 Å². The Kier molecular flexibility index (Phi) is 6.50. The number of ether oxygens (including phenoxy) is 3. The predicted octanol–water partition coefficient (Wildman–Crippen LogP) is 4.58. The van der Waals surface area contributed by atoms with Crippen molar-refractivity contribution in [2.45, 2.75) is 13.5 Å². The fourth-order valence-electron chi connectivity index (χ4n) is 3.22. The molecule has 7 heteroatoms. The summed E-state index contributed by atoms with van der Waals surface area (Å²) in [7, 11) is 1.56. The van der Waals surface area contributed by atoms with Gasteiger partial charge in [-0.15, -0.1) is 0 Å². The molecule has 3 aromatic carbocycles. The molecule has 0 saturated carbocycles. The standard InChI is InChI=1S/C26H22N2O5/c1-17(29)27-21-11-9-20(10-12-21)25-28-22(26(30)33-25)14-19-8-13-23(24(15-19)31-2)32-16-18-6-4-3-5-7-18/h3-15H,16H2,1-2H3,(H,27,29)/b22-14+. The fraction of sp³-hybridized carbons (Fsp3) is 0.115. The number of benzene rings is 3. The van der Waals surface area contributed by atoms with Gasteiger partial charge in [-0.3, -0.25) is 4.79 Å². The molecule has 0 aliphatic carbocycles. The van der Waals surface area contributed by atoms with E-state index in [-0.39, 0.29) is 17.5 Å². The number of aliphatic imine (C=N–C) groups is 1. The van der Waals surface area contributed by atoms with Crippen molar-refractivity contribution < 1.29 is 23.8 Å². The third-order valence-corrected chi connectivity index (χ3v) is 4.80. The lowest BCUT2D eigenvalue weighted by molar-refractivity contribution is -0.129. The van der Waals surface area contributed by atoms with Crippen LogP contribution in [0, 0.1) is 0 Å².